The van der Waals surface area contributed by atoms with E-state index in [0.717, 1.165) is 5.92 Å². The van der Waals surface area contributed by atoms with Gasteiger partial charge in [0.2, 0.25) is 5.91 Å². The lowest BCUT2D eigenvalue weighted by atomic mass is 10.2. The average Bonchev–Trinajstić information content (AvgIpc) is 3.08. The van der Waals surface area contributed by atoms with Crippen LogP contribution in [0.1, 0.15) is 26.2 Å². The van der Waals surface area contributed by atoms with Crippen molar-refractivity contribution in [1.82, 2.24) is 9.80 Å². The van der Waals surface area contributed by atoms with Crippen LogP contribution >= 0.6 is 0 Å². The number of carbonyl (C=O) groups excluding carboxylic acids is 1. The maximum absolute atomic E-state index is 11.8. The highest BCUT2D eigenvalue weighted by molar-refractivity contribution is 5.78. The van der Waals surface area contributed by atoms with Gasteiger partial charge in [-0.1, -0.05) is 0 Å². The van der Waals surface area contributed by atoms with Gasteiger partial charge in [-0.25, -0.2) is 0 Å². The van der Waals surface area contributed by atoms with Gasteiger partial charge in [-0.05, 0) is 32.7 Å². The Labute approximate surface area is 97.8 Å². The number of rotatable bonds is 6. The molecule has 1 atom stereocenters. The Hall–Kier alpha value is -1.08. The van der Waals surface area contributed by atoms with Gasteiger partial charge < -0.3 is 4.90 Å². The summed E-state index contributed by atoms with van der Waals surface area (Å²) in [6.45, 7) is 3.17. The van der Waals surface area contributed by atoms with Crippen LogP contribution < -0.4 is 0 Å². The standard InChI is InChI=1S/C12H21N3O/c1-10(11-5-6-11)15(3)9-12(16)14(2)8-4-7-13/h10-11H,4-6,8-9H2,1-3H3. The third-order valence-corrected chi connectivity index (χ3v) is 3.37. The molecule has 1 unspecified atom stereocenters. The Kier molecular flexibility index (Phi) is 4.75. The van der Waals surface area contributed by atoms with E-state index in [-0.39, 0.29) is 5.91 Å². The topological polar surface area (TPSA) is 47.3 Å². The zero-order chi connectivity index (χ0) is 12.1. The van der Waals surface area contributed by atoms with Gasteiger partial charge in [0.05, 0.1) is 19.0 Å². The summed E-state index contributed by atoms with van der Waals surface area (Å²) >= 11 is 0. The van der Waals surface area contributed by atoms with Gasteiger partial charge in [-0.15, -0.1) is 0 Å². The van der Waals surface area contributed by atoms with E-state index in [1.165, 1.54) is 12.8 Å². The smallest absolute Gasteiger partial charge is 0.236 e. The van der Waals surface area contributed by atoms with E-state index in [1.54, 1.807) is 11.9 Å². The zero-order valence-corrected chi connectivity index (χ0v) is 10.4. The molecule has 0 saturated heterocycles. The third-order valence-electron chi connectivity index (χ3n) is 3.37. The van der Waals surface area contributed by atoms with Crippen molar-refractivity contribution in [2.45, 2.75) is 32.2 Å². The molecule has 0 radical (unpaired) electrons. The molecule has 1 fully saturated rings. The predicted octanol–water partition coefficient (Wildman–Crippen LogP) is 1.09. The van der Waals surface area contributed by atoms with E-state index in [0.29, 0.717) is 25.6 Å². The van der Waals surface area contributed by atoms with Crippen LogP contribution in [0.3, 0.4) is 0 Å². The molecule has 0 aromatic carbocycles. The van der Waals surface area contributed by atoms with Crippen molar-refractivity contribution in [2.75, 3.05) is 27.2 Å². The summed E-state index contributed by atoms with van der Waals surface area (Å²) in [5.41, 5.74) is 0. The lowest BCUT2D eigenvalue weighted by molar-refractivity contribution is -0.131. The third kappa shape index (κ3) is 3.82. The van der Waals surface area contributed by atoms with Crippen molar-refractivity contribution in [3.8, 4) is 6.07 Å². The number of likely N-dealkylation sites (N-methyl/N-ethyl adjacent to an activating group) is 2. The van der Waals surface area contributed by atoms with Crippen molar-refractivity contribution in [3.05, 3.63) is 0 Å². The summed E-state index contributed by atoms with van der Waals surface area (Å²) < 4.78 is 0. The number of nitriles is 1. The Morgan fingerprint density at radius 2 is 2.12 bits per heavy atom. The molecule has 4 heteroatoms. The van der Waals surface area contributed by atoms with Crippen LogP contribution in [0, 0.1) is 17.2 Å². The highest BCUT2D eigenvalue weighted by Crippen LogP contribution is 2.34. The van der Waals surface area contributed by atoms with E-state index in [9.17, 15) is 4.79 Å². The first kappa shape index (κ1) is 13.0. The molecule has 0 spiro atoms. The summed E-state index contributed by atoms with van der Waals surface area (Å²) in [5, 5.41) is 8.45. The van der Waals surface area contributed by atoms with Crippen LogP contribution in [-0.2, 0) is 4.79 Å². The maximum atomic E-state index is 11.8. The fourth-order valence-corrected chi connectivity index (χ4v) is 1.76. The summed E-state index contributed by atoms with van der Waals surface area (Å²) in [4.78, 5) is 15.5. The molecule has 0 bridgehead atoms. The van der Waals surface area contributed by atoms with Crippen molar-refractivity contribution in [2.24, 2.45) is 5.92 Å². The molecule has 16 heavy (non-hydrogen) atoms. The van der Waals surface area contributed by atoms with Crippen LogP contribution in [0.2, 0.25) is 0 Å². The minimum absolute atomic E-state index is 0.102. The maximum Gasteiger partial charge on any atom is 0.236 e. The van der Waals surface area contributed by atoms with Crippen molar-refractivity contribution < 1.29 is 4.79 Å². The van der Waals surface area contributed by atoms with Crippen molar-refractivity contribution in [1.29, 1.82) is 5.26 Å². The lowest BCUT2D eigenvalue weighted by Gasteiger charge is -2.26. The predicted molar refractivity (Wildman–Crippen MR) is 62.7 cm³/mol. The minimum atomic E-state index is 0.102. The Balaban J connectivity index is 2.29. The van der Waals surface area contributed by atoms with Gasteiger partial charge >= 0.3 is 0 Å². The van der Waals surface area contributed by atoms with Gasteiger partial charge in [0.25, 0.3) is 0 Å². The number of nitrogens with zero attached hydrogens (tertiary/aromatic N) is 3. The van der Waals surface area contributed by atoms with E-state index in [2.05, 4.69) is 17.9 Å². The first-order valence-corrected chi connectivity index (χ1v) is 5.87. The van der Waals surface area contributed by atoms with E-state index in [4.69, 9.17) is 5.26 Å². The molecular formula is C12H21N3O. The molecule has 1 amide bonds. The van der Waals surface area contributed by atoms with Crippen molar-refractivity contribution in [3.63, 3.8) is 0 Å². The summed E-state index contributed by atoms with van der Waals surface area (Å²) in [7, 11) is 3.76. The number of hydrogen-bond acceptors (Lipinski definition) is 3. The highest BCUT2D eigenvalue weighted by atomic mass is 16.2. The Morgan fingerprint density at radius 1 is 1.50 bits per heavy atom. The number of hydrogen-bond donors (Lipinski definition) is 0. The molecule has 1 aliphatic rings. The van der Waals surface area contributed by atoms with Crippen LogP contribution in [0.15, 0.2) is 0 Å². The SMILES string of the molecule is CC(C1CC1)N(C)CC(=O)N(C)CCC#N. The lowest BCUT2D eigenvalue weighted by Crippen LogP contribution is -2.41. The number of amides is 1. The minimum Gasteiger partial charge on any atom is -0.344 e. The van der Waals surface area contributed by atoms with Crippen LogP contribution in [0.5, 0.6) is 0 Å². The molecule has 1 saturated carbocycles. The summed E-state index contributed by atoms with van der Waals surface area (Å²) in [6, 6.07) is 2.54. The quantitative estimate of drug-likeness (QED) is 0.677. The monoisotopic (exact) mass is 223 g/mol. The second-order valence-electron chi connectivity index (χ2n) is 4.72. The van der Waals surface area contributed by atoms with Gasteiger partial charge in [0.1, 0.15) is 0 Å². The van der Waals surface area contributed by atoms with Crippen LogP contribution in [-0.4, -0.2) is 48.9 Å². The molecule has 1 rings (SSSR count). The largest absolute Gasteiger partial charge is 0.344 e. The summed E-state index contributed by atoms with van der Waals surface area (Å²) in [6.07, 6.45) is 3.00. The Morgan fingerprint density at radius 3 is 2.62 bits per heavy atom. The first-order chi connectivity index (χ1) is 7.56. The molecule has 90 valence electrons. The molecular weight excluding hydrogens is 202 g/mol. The van der Waals surface area contributed by atoms with E-state index >= 15 is 0 Å². The second kappa shape index (κ2) is 5.86. The summed E-state index contributed by atoms with van der Waals surface area (Å²) in [5.74, 6) is 0.882. The molecule has 0 heterocycles. The van der Waals surface area contributed by atoms with Crippen LogP contribution in [0.4, 0.5) is 0 Å². The van der Waals surface area contributed by atoms with E-state index in [1.807, 2.05) is 7.05 Å². The molecule has 1 aliphatic carbocycles. The number of carbonyl (C=O) groups is 1. The molecule has 0 aromatic heterocycles. The van der Waals surface area contributed by atoms with Gasteiger partial charge in [-0.3, -0.25) is 9.69 Å². The fraction of sp³-hybridized carbons (Fsp3) is 0.833. The highest BCUT2D eigenvalue weighted by Gasteiger charge is 2.31. The van der Waals surface area contributed by atoms with Gasteiger partial charge in [0, 0.05) is 19.6 Å². The Bertz CT molecular complexity index is 280. The molecule has 0 aliphatic heterocycles. The normalized spacial score (nSPS) is 16.9. The van der Waals surface area contributed by atoms with E-state index < -0.39 is 0 Å². The second-order valence-corrected chi connectivity index (χ2v) is 4.72. The van der Waals surface area contributed by atoms with Crippen LogP contribution in [0.25, 0.3) is 0 Å². The fourth-order valence-electron chi connectivity index (χ4n) is 1.76. The molecule has 0 aromatic rings. The van der Waals surface area contributed by atoms with Gasteiger partial charge in [0.15, 0.2) is 0 Å². The zero-order valence-electron chi connectivity index (χ0n) is 10.4. The van der Waals surface area contributed by atoms with Crippen molar-refractivity contribution >= 4 is 5.91 Å². The average molecular weight is 223 g/mol. The molecule has 4 nitrogen and oxygen atoms in total. The molecule has 0 N–H and O–H groups in total. The van der Waals surface area contributed by atoms with Gasteiger partial charge in [-0.2, -0.15) is 5.26 Å². The first-order valence-electron chi connectivity index (χ1n) is 5.87.